The molecule has 0 radical (unpaired) electrons. The van der Waals surface area contributed by atoms with Crippen LogP contribution in [0.4, 0.5) is 10.1 Å². The summed E-state index contributed by atoms with van der Waals surface area (Å²) in [5, 5.41) is 0. The largest absolute Gasteiger partial charge is 0.493 e. The van der Waals surface area contributed by atoms with E-state index in [1.807, 2.05) is 4.90 Å². The lowest BCUT2D eigenvalue weighted by atomic mass is 10.0. The topological polar surface area (TPSA) is 59.1 Å². The lowest BCUT2D eigenvalue weighted by Gasteiger charge is -2.20. The first kappa shape index (κ1) is 19.0. The quantitative estimate of drug-likeness (QED) is 0.727. The summed E-state index contributed by atoms with van der Waals surface area (Å²) >= 11 is 0. The number of rotatable bonds is 5. The molecule has 2 aromatic rings. The number of para-hydroxylation sites is 1. The molecule has 29 heavy (non-hydrogen) atoms. The van der Waals surface area contributed by atoms with Crippen LogP contribution in [0.3, 0.4) is 0 Å². The molecule has 0 aromatic heterocycles. The Labute approximate surface area is 168 Å². The number of ether oxygens (including phenoxy) is 2. The zero-order chi connectivity index (χ0) is 20.5. The number of benzene rings is 2. The third-order valence-electron chi connectivity index (χ3n) is 5.25. The van der Waals surface area contributed by atoms with Gasteiger partial charge in [-0.3, -0.25) is 9.59 Å². The van der Waals surface area contributed by atoms with E-state index in [0.717, 1.165) is 17.7 Å². The average molecular weight is 396 g/mol. The molecule has 2 heterocycles. The van der Waals surface area contributed by atoms with Crippen molar-refractivity contribution in [2.45, 2.75) is 12.8 Å². The van der Waals surface area contributed by atoms with E-state index < -0.39 is 17.6 Å². The van der Waals surface area contributed by atoms with E-state index in [-0.39, 0.29) is 11.3 Å². The third kappa shape index (κ3) is 3.12. The van der Waals surface area contributed by atoms with Crippen molar-refractivity contribution in [3.8, 4) is 11.5 Å². The van der Waals surface area contributed by atoms with Crippen LogP contribution in [0.2, 0.25) is 0 Å². The average Bonchev–Trinajstić information content (AvgIpc) is 3.34. The number of methoxy groups -OCH3 is 2. The number of amides is 2. The highest BCUT2D eigenvalue weighted by Crippen LogP contribution is 2.39. The van der Waals surface area contributed by atoms with Crippen molar-refractivity contribution in [3.63, 3.8) is 0 Å². The number of likely N-dealkylation sites (tertiary alicyclic amines) is 1. The van der Waals surface area contributed by atoms with Crippen molar-refractivity contribution in [1.29, 1.82) is 0 Å². The van der Waals surface area contributed by atoms with Crippen molar-refractivity contribution < 1.29 is 23.5 Å². The molecule has 7 heteroatoms. The van der Waals surface area contributed by atoms with Gasteiger partial charge in [-0.1, -0.05) is 18.2 Å². The Balaban J connectivity index is 1.87. The maximum atomic E-state index is 14.4. The molecule has 0 saturated carbocycles. The first-order chi connectivity index (χ1) is 14.1. The molecule has 2 aliphatic heterocycles. The molecule has 0 unspecified atom stereocenters. The van der Waals surface area contributed by atoms with Gasteiger partial charge in [0.15, 0.2) is 11.5 Å². The Morgan fingerprint density at radius 3 is 2.24 bits per heavy atom. The zero-order valence-electron chi connectivity index (χ0n) is 16.3. The first-order valence-electron chi connectivity index (χ1n) is 9.41. The van der Waals surface area contributed by atoms with Crippen molar-refractivity contribution in [2.24, 2.45) is 0 Å². The Hall–Kier alpha value is -3.35. The molecule has 150 valence electrons. The van der Waals surface area contributed by atoms with Crippen LogP contribution in [0, 0.1) is 5.82 Å². The second-order valence-corrected chi connectivity index (χ2v) is 6.88. The van der Waals surface area contributed by atoms with Crippen molar-refractivity contribution in [2.75, 3.05) is 32.2 Å². The molecule has 6 nitrogen and oxygen atoms in total. The maximum Gasteiger partial charge on any atom is 0.282 e. The Morgan fingerprint density at radius 1 is 0.897 bits per heavy atom. The van der Waals surface area contributed by atoms with Crippen LogP contribution in [0.25, 0.3) is 5.57 Å². The molecule has 0 bridgehead atoms. The van der Waals surface area contributed by atoms with E-state index >= 15 is 0 Å². The fourth-order valence-corrected chi connectivity index (χ4v) is 3.86. The number of halogens is 1. The molecular formula is C22H21FN2O4. The monoisotopic (exact) mass is 396 g/mol. The number of carbonyl (C=O) groups excluding carboxylic acids is 2. The molecule has 0 atom stereocenters. The molecule has 1 saturated heterocycles. The minimum Gasteiger partial charge on any atom is -0.493 e. The van der Waals surface area contributed by atoms with E-state index in [1.54, 1.807) is 24.3 Å². The van der Waals surface area contributed by atoms with Crippen LogP contribution < -0.4 is 14.4 Å². The van der Waals surface area contributed by atoms with Crippen LogP contribution in [-0.4, -0.2) is 44.0 Å². The van der Waals surface area contributed by atoms with Gasteiger partial charge in [0.25, 0.3) is 11.8 Å². The first-order valence-corrected chi connectivity index (χ1v) is 9.41. The molecule has 2 aromatic carbocycles. The SMILES string of the molecule is COc1ccc(C2=C(N3CCCC3)C(=O)N(c3ccccc3F)C2=O)cc1OC. The van der Waals surface area contributed by atoms with Gasteiger partial charge in [-0.2, -0.15) is 0 Å². The number of anilines is 1. The standard InChI is InChI=1S/C22H21FN2O4/c1-28-17-10-9-14(13-18(17)29-2)19-20(24-11-5-6-12-24)22(27)25(21(19)26)16-8-4-3-7-15(16)23/h3-4,7-10,13H,5-6,11-12H2,1-2H3. The number of carbonyl (C=O) groups is 2. The number of imide groups is 1. The summed E-state index contributed by atoms with van der Waals surface area (Å²) < 4.78 is 25.1. The fraction of sp³-hybridized carbons (Fsp3) is 0.273. The van der Waals surface area contributed by atoms with Gasteiger partial charge in [0, 0.05) is 13.1 Å². The Morgan fingerprint density at radius 2 is 1.59 bits per heavy atom. The molecule has 0 N–H and O–H groups in total. The van der Waals surface area contributed by atoms with Gasteiger partial charge < -0.3 is 14.4 Å². The zero-order valence-corrected chi connectivity index (χ0v) is 16.3. The Bertz CT molecular complexity index is 1010. The lowest BCUT2D eigenvalue weighted by Crippen LogP contribution is -2.35. The summed E-state index contributed by atoms with van der Waals surface area (Å²) in [6.07, 6.45) is 1.87. The van der Waals surface area contributed by atoms with Gasteiger partial charge in [-0.15, -0.1) is 0 Å². The Kier molecular flexibility index (Phi) is 4.96. The molecule has 4 rings (SSSR count). The summed E-state index contributed by atoms with van der Waals surface area (Å²) in [6.45, 7) is 1.35. The molecule has 0 spiro atoms. The van der Waals surface area contributed by atoms with Gasteiger partial charge in [-0.25, -0.2) is 9.29 Å². The minimum atomic E-state index is -0.622. The van der Waals surface area contributed by atoms with Crippen LogP contribution in [0.5, 0.6) is 11.5 Å². The third-order valence-corrected chi connectivity index (χ3v) is 5.25. The van der Waals surface area contributed by atoms with E-state index in [2.05, 4.69) is 0 Å². The number of hydrogen-bond donors (Lipinski definition) is 0. The highest BCUT2D eigenvalue weighted by molar-refractivity contribution is 6.45. The summed E-state index contributed by atoms with van der Waals surface area (Å²) in [4.78, 5) is 29.5. The van der Waals surface area contributed by atoms with E-state index in [9.17, 15) is 14.0 Å². The van der Waals surface area contributed by atoms with Crippen LogP contribution in [0.1, 0.15) is 18.4 Å². The molecule has 2 amide bonds. The van der Waals surface area contributed by atoms with Crippen LogP contribution in [0.15, 0.2) is 48.2 Å². The second kappa shape index (κ2) is 7.58. The van der Waals surface area contributed by atoms with Gasteiger partial charge in [0.2, 0.25) is 0 Å². The van der Waals surface area contributed by atoms with Gasteiger partial charge >= 0.3 is 0 Å². The number of nitrogens with zero attached hydrogens (tertiary/aromatic N) is 2. The maximum absolute atomic E-state index is 14.4. The van der Waals surface area contributed by atoms with Gasteiger partial charge in [0.1, 0.15) is 11.5 Å². The van der Waals surface area contributed by atoms with Crippen LogP contribution >= 0.6 is 0 Å². The smallest absolute Gasteiger partial charge is 0.282 e. The second-order valence-electron chi connectivity index (χ2n) is 6.88. The summed E-state index contributed by atoms with van der Waals surface area (Å²) in [6, 6.07) is 10.9. The highest BCUT2D eigenvalue weighted by Gasteiger charge is 2.44. The summed E-state index contributed by atoms with van der Waals surface area (Å²) in [7, 11) is 3.03. The highest BCUT2D eigenvalue weighted by atomic mass is 19.1. The molecule has 2 aliphatic rings. The summed E-state index contributed by atoms with van der Waals surface area (Å²) in [5.74, 6) is -0.713. The van der Waals surface area contributed by atoms with Crippen molar-refractivity contribution in [1.82, 2.24) is 4.90 Å². The van der Waals surface area contributed by atoms with Crippen molar-refractivity contribution in [3.05, 3.63) is 59.5 Å². The van der Waals surface area contributed by atoms with Gasteiger partial charge in [0.05, 0.1) is 25.5 Å². The molecule has 0 aliphatic carbocycles. The summed E-state index contributed by atoms with van der Waals surface area (Å²) in [5.41, 5.74) is 1.04. The van der Waals surface area contributed by atoms with Crippen molar-refractivity contribution >= 4 is 23.1 Å². The lowest BCUT2D eigenvalue weighted by molar-refractivity contribution is -0.120. The number of hydrogen-bond acceptors (Lipinski definition) is 5. The fourth-order valence-electron chi connectivity index (χ4n) is 3.86. The van der Waals surface area contributed by atoms with Crippen LogP contribution in [-0.2, 0) is 9.59 Å². The van der Waals surface area contributed by atoms with Gasteiger partial charge in [-0.05, 0) is 42.7 Å². The molecular weight excluding hydrogens is 375 g/mol. The normalized spacial score (nSPS) is 16.8. The minimum absolute atomic E-state index is 0.0466. The van der Waals surface area contributed by atoms with E-state index in [1.165, 1.54) is 32.4 Å². The van der Waals surface area contributed by atoms with E-state index in [4.69, 9.17) is 9.47 Å². The predicted octanol–water partition coefficient (Wildman–Crippen LogP) is 3.22. The molecule has 1 fully saturated rings. The van der Waals surface area contributed by atoms with E-state index in [0.29, 0.717) is 35.8 Å². The predicted molar refractivity (Wildman–Crippen MR) is 106 cm³/mol.